The second kappa shape index (κ2) is 8.55. The summed E-state index contributed by atoms with van der Waals surface area (Å²) in [4.78, 5) is 21.1. The zero-order valence-electron chi connectivity index (χ0n) is 17.0. The molecule has 0 spiro atoms. The minimum absolute atomic E-state index is 0.130. The summed E-state index contributed by atoms with van der Waals surface area (Å²) in [6.07, 6.45) is 9.05. The van der Waals surface area contributed by atoms with Crippen LogP contribution in [0.15, 0.2) is 67.1 Å². The highest BCUT2D eigenvalue weighted by Gasteiger charge is 2.25. The monoisotopic (exact) mass is 413 g/mol. The maximum Gasteiger partial charge on any atom is 0.269 e. The van der Waals surface area contributed by atoms with Crippen LogP contribution in [0.3, 0.4) is 0 Å². The molecular formula is C24H23N5O2. The van der Waals surface area contributed by atoms with Crippen molar-refractivity contribution in [1.82, 2.24) is 25.5 Å². The lowest BCUT2D eigenvalue weighted by molar-refractivity contribution is 0.0890. The summed E-state index contributed by atoms with van der Waals surface area (Å²) in [5, 5.41) is 12.3. The Morgan fingerprint density at radius 2 is 1.90 bits per heavy atom. The van der Waals surface area contributed by atoms with Crippen molar-refractivity contribution >= 4 is 16.7 Å². The molecule has 0 saturated heterocycles. The molecule has 1 amide bonds. The second-order valence-electron chi connectivity index (χ2n) is 7.80. The van der Waals surface area contributed by atoms with Crippen molar-refractivity contribution in [3.63, 3.8) is 0 Å². The molecular weight excluding hydrogens is 390 g/mol. The highest BCUT2D eigenvalue weighted by Crippen LogP contribution is 2.29. The number of amides is 1. The van der Waals surface area contributed by atoms with Crippen LogP contribution in [0.2, 0.25) is 0 Å². The minimum Gasteiger partial charge on any atom is -0.490 e. The van der Waals surface area contributed by atoms with E-state index in [1.165, 1.54) is 0 Å². The van der Waals surface area contributed by atoms with Gasteiger partial charge in [0, 0.05) is 35.4 Å². The lowest BCUT2D eigenvalue weighted by Gasteiger charge is -2.29. The van der Waals surface area contributed by atoms with Crippen molar-refractivity contribution in [2.24, 2.45) is 0 Å². The fourth-order valence-corrected chi connectivity index (χ4v) is 4.05. The predicted octanol–water partition coefficient (Wildman–Crippen LogP) is 4.14. The van der Waals surface area contributed by atoms with E-state index in [0.717, 1.165) is 47.9 Å². The molecule has 0 unspecified atom stereocenters. The minimum atomic E-state index is -0.138. The smallest absolute Gasteiger partial charge is 0.269 e. The fraction of sp³-hybridized carbons (Fsp3) is 0.250. The summed E-state index contributed by atoms with van der Waals surface area (Å²) in [5.41, 5.74) is 1.84. The number of hydrogen-bond donors (Lipinski definition) is 2. The van der Waals surface area contributed by atoms with Crippen molar-refractivity contribution in [3.05, 3.63) is 72.8 Å². The maximum atomic E-state index is 12.6. The summed E-state index contributed by atoms with van der Waals surface area (Å²) >= 11 is 0. The van der Waals surface area contributed by atoms with Gasteiger partial charge >= 0.3 is 0 Å². The summed E-state index contributed by atoms with van der Waals surface area (Å²) in [6, 6.07) is 15.5. The molecule has 1 saturated carbocycles. The van der Waals surface area contributed by atoms with Gasteiger partial charge in [0.25, 0.3) is 5.91 Å². The first-order chi connectivity index (χ1) is 15.3. The average Bonchev–Trinajstić information content (AvgIpc) is 3.32. The molecule has 0 aliphatic heterocycles. The van der Waals surface area contributed by atoms with Gasteiger partial charge in [-0.1, -0.05) is 18.2 Å². The van der Waals surface area contributed by atoms with Crippen molar-refractivity contribution in [2.75, 3.05) is 0 Å². The number of carbonyl (C=O) groups is 1. The van der Waals surface area contributed by atoms with E-state index in [1.807, 2.05) is 48.7 Å². The number of rotatable bonds is 5. The number of benzene rings is 1. The Balaban J connectivity index is 1.17. The molecule has 31 heavy (non-hydrogen) atoms. The van der Waals surface area contributed by atoms with Gasteiger partial charge in [-0.25, -0.2) is 0 Å². The van der Waals surface area contributed by atoms with Crippen LogP contribution in [0.1, 0.15) is 36.2 Å². The molecule has 3 heterocycles. The van der Waals surface area contributed by atoms with Gasteiger partial charge in [0.1, 0.15) is 17.1 Å². The first-order valence-corrected chi connectivity index (χ1v) is 10.5. The van der Waals surface area contributed by atoms with Crippen molar-refractivity contribution in [3.8, 4) is 17.1 Å². The van der Waals surface area contributed by atoms with Crippen LogP contribution < -0.4 is 10.1 Å². The molecule has 1 aromatic carbocycles. The summed E-state index contributed by atoms with van der Waals surface area (Å²) in [7, 11) is 0. The van der Waals surface area contributed by atoms with Gasteiger partial charge in [-0.2, -0.15) is 5.10 Å². The van der Waals surface area contributed by atoms with Crippen LogP contribution in [0.4, 0.5) is 0 Å². The highest BCUT2D eigenvalue weighted by atomic mass is 16.5. The van der Waals surface area contributed by atoms with Crippen LogP contribution >= 0.6 is 0 Å². The average molecular weight is 413 g/mol. The summed E-state index contributed by atoms with van der Waals surface area (Å²) < 4.78 is 6.30. The van der Waals surface area contributed by atoms with E-state index < -0.39 is 0 Å². The number of nitrogens with one attached hydrogen (secondary N) is 2. The number of ether oxygens (including phenoxy) is 1. The molecule has 156 valence electrons. The molecule has 1 aliphatic carbocycles. The second-order valence-corrected chi connectivity index (χ2v) is 7.80. The van der Waals surface area contributed by atoms with Crippen molar-refractivity contribution in [1.29, 1.82) is 0 Å². The Morgan fingerprint density at radius 1 is 1.00 bits per heavy atom. The van der Waals surface area contributed by atoms with E-state index in [9.17, 15) is 4.79 Å². The first-order valence-electron chi connectivity index (χ1n) is 10.5. The van der Waals surface area contributed by atoms with E-state index in [4.69, 9.17) is 4.74 Å². The van der Waals surface area contributed by atoms with Crippen LogP contribution in [0.5, 0.6) is 5.75 Å². The summed E-state index contributed by atoms with van der Waals surface area (Å²) in [5.74, 6) is 0.757. The lowest BCUT2D eigenvalue weighted by Crippen LogP contribution is -2.39. The van der Waals surface area contributed by atoms with Crippen molar-refractivity contribution in [2.45, 2.75) is 37.8 Å². The Labute approximate surface area is 179 Å². The van der Waals surface area contributed by atoms with Crippen LogP contribution in [0, 0.1) is 0 Å². The molecule has 1 aliphatic rings. The van der Waals surface area contributed by atoms with Crippen LogP contribution in [-0.2, 0) is 0 Å². The largest absolute Gasteiger partial charge is 0.490 e. The maximum absolute atomic E-state index is 12.6. The predicted molar refractivity (Wildman–Crippen MR) is 118 cm³/mol. The normalized spacial score (nSPS) is 18.6. The van der Waals surface area contributed by atoms with Gasteiger partial charge in [0.2, 0.25) is 0 Å². The van der Waals surface area contributed by atoms with E-state index in [1.54, 1.807) is 18.5 Å². The Morgan fingerprint density at radius 3 is 2.74 bits per heavy atom. The number of H-pyrrole nitrogens is 1. The molecule has 7 nitrogen and oxygen atoms in total. The van der Waals surface area contributed by atoms with E-state index >= 15 is 0 Å². The van der Waals surface area contributed by atoms with Gasteiger partial charge in [0.05, 0.1) is 11.8 Å². The topological polar surface area (TPSA) is 92.8 Å². The lowest BCUT2D eigenvalue weighted by atomic mass is 9.92. The van der Waals surface area contributed by atoms with Gasteiger partial charge < -0.3 is 10.1 Å². The Hall–Kier alpha value is -3.74. The van der Waals surface area contributed by atoms with E-state index in [0.29, 0.717) is 11.4 Å². The number of hydrogen-bond acceptors (Lipinski definition) is 5. The molecule has 4 aromatic rings. The fourth-order valence-electron chi connectivity index (χ4n) is 4.05. The third-order valence-electron chi connectivity index (χ3n) is 5.69. The Kier molecular flexibility index (Phi) is 5.31. The number of carbonyl (C=O) groups excluding carboxylic acids is 1. The first kappa shape index (κ1) is 19.2. The number of nitrogens with zero attached hydrogens (tertiary/aromatic N) is 3. The molecule has 0 bridgehead atoms. The molecule has 0 radical (unpaired) electrons. The van der Waals surface area contributed by atoms with Gasteiger partial charge in [-0.05, 0) is 56.0 Å². The molecule has 1 fully saturated rings. The SMILES string of the molecule is O=C(NC1CCC(Oc2cccc3cnccc23)CC1)c1cc(-c2ccccn2)n[nH]1. The highest BCUT2D eigenvalue weighted by molar-refractivity contribution is 5.93. The zero-order chi connectivity index (χ0) is 21.0. The number of aromatic nitrogens is 4. The van der Waals surface area contributed by atoms with Gasteiger partial charge in [-0.15, -0.1) is 0 Å². The summed E-state index contributed by atoms with van der Waals surface area (Å²) in [6.45, 7) is 0. The van der Waals surface area contributed by atoms with Gasteiger partial charge in [0.15, 0.2) is 0 Å². The Bertz CT molecular complexity index is 1180. The number of aromatic amines is 1. The molecule has 2 N–H and O–H groups in total. The van der Waals surface area contributed by atoms with Crippen LogP contribution in [-0.4, -0.2) is 38.2 Å². The number of fused-ring (bicyclic) bond motifs is 1. The van der Waals surface area contributed by atoms with Gasteiger partial charge in [-0.3, -0.25) is 19.9 Å². The number of pyridine rings is 2. The third kappa shape index (κ3) is 4.26. The van der Waals surface area contributed by atoms with Crippen molar-refractivity contribution < 1.29 is 9.53 Å². The quantitative estimate of drug-likeness (QED) is 0.513. The van der Waals surface area contributed by atoms with E-state index in [2.05, 4.69) is 25.5 Å². The van der Waals surface area contributed by atoms with E-state index in [-0.39, 0.29) is 18.1 Å². The van der Waals surface area contributed by atoms with Crippen LogP contribution in [0.25, 0.3) is 22.2 Å². The molecule has 5 rings (SSSR count). The molecule has 7 heteroatoms. The zero-order valence-corrected chi connectivity index (χ0v) is 17.0. The third-order valence-corrected chi connectivity index (χ3v) is 5.69. The molecule has 3 aromatic heterocycles. The standard InChI is InChI=1S/C24H23N5O2/c30-24(22-14-21(28-29-22)20-5-1-2-12-26-20)27-17-7-9-18(10-8-17)31-23-6-3-4-16-15-25-13-11-19(16)23/h1-6,11-15,17-18H,7-10H2,(H,27,30)(H,28,29). The molecule has 0 atom stereocenters.